The molecule has 0 atom stereocenters. The maximum Gasteiger partial charge on any atom is 0.315 e. The van der Waals surface area contributed by atoms with E-state index in [9.17, 15) is 4.79 Å². The highest BCUT2D eigenvalue weighted by Crippen LogP contribution is 2.29. The molecule has 0 rings (SSSR count). The zero-order chi connectivity index (χ0) is 10.5. The topological polar surface area (TPSA) is 26.3 Å². The van der Waals surface area contributed by atoms with Crippen LogP contribution >= 0.6 is 0 Å². The van der Waals surface area contributed by atoms with Crippen LogP contribution in [0.1, 0.15) is 41.0 Å². The molecule has 0 aromatic carbocycles. The van der Waals surface area contributed by atoms with Crippen LogP contribution in [-0.4, -0.2) is 12.6 Å². The summed E-state index contributed by atoms with van der Waals surface area (Å²) in [6, 6.07) is 0. The Morgan fingerprint density at radius 2 is 1.92 bits per heavy atom. The summed E-state index contributed by atoms with van der Waals surface area (Å²) >= 11 is 0. The molecular formula is C11H20O2. The molecule has 13 heavy (non-hydrogen) atoms. The van der Waals surface area contributed by atoms with Crippen molar-refractivity contribution in [1.29, 1.82) is 0 Å². The number of hydrogen-bond acceptors (Lipinski definition) is 2. The summed E-state index contributed by atoms with van der Waals surface area (Å²) in [5.41, 5.74) is 0.658. The van der Waals surface area contributed by atoms with Gasteiger partial charge in [-0.3, -0.25) is 4.79 Å². The fourth-order valence-corrected chi connectivity index (χ4v) is 1.45. The highest BCUT2D eigenvalue weighted by molar-refractivity contribution is 5.79. The number of ether oxygens (including phenoxy) is 1. The van der Waals surface area contributed by atoms with Crippen LogP contribution in [0.25, 0.3) is 0 Å². The van der Waals surface area contributed by atoms with E-state index in [1.54, 1.807) is 0 Å². The minimum atomic E-state index is -0.473. The zero-order valence-electron chi connectivity index (χ0n) is 9.31. The lowest BCUT2D eigenvalue weighted by Gasteiger charge is -2.24. The van der Waals surface area contributed by atoms with Crippen LogP contribution in [0.3, 0.4) is 0 Å². The van der Waals surface area contributed by atoms with Gasteiger partial charge in [-0.05, 0) is 34.1 Å². The number of hydrogen-bond donors (Lipinski definition) is 0. The Balaban J connectivity index is 4.63. The first-order valence-electron chi connectivity index (χ1n) is 4.83. The Kier molecular flexibility index (Phi) is 4.74. The number of carbonyl (C=O) groups is 1. The average molecular weight is 184 g/mol. The van der Waals surface area contributed by atoms with Gasteiger partial charge in [-0.25, -0.2) is 0 Å². The van der Waals surface area contributed by atoms with E-state index < -0.39 is 5.41 Å². The van der Waals surface area contributed by atoms with E-state index in [0.29, 0.717) is 6.61 Å². The Bertz CT molecular complexity index is 202. The predicted octanol–water partition coefficient (Wildman–Crippen LogP) is 2.93. The van der Waals surface area contributed by atoms with Gasteiger partial charge in [0.1, 0.15) is 0 Å². The fraction of sp³-hybridized carbons (Fsp3) is 0.727. The molecule has 0 aliphatic heterocycles. The molecule has 0 aliphatic carbocycles. The Hall–Kier alpha value is -0.790. The number of allylic oxidation sites excluding steroid dienone is 1. The first-order chi connectivity index (χ1) is 6.00. The van der Waals surface area contributed by atoms with Gasteiger partial charge in [0.15, 0.2) is 0 Å². The highest BCUT2D eigenvalue weighted by Gasteiger charge is 2.31. The molecule has 0 radical (unpaired) electrons. The number of carbonyl (C=O) groups excluding carboxylic acids is 1. The van der Waals surface area contributed by atoms with Crippen molar-refractivity contribution in [3.63, 3.8) is 0 Å². The maximum atomic E-state index is 11.6. The van der Waals surface area contributed by atoms with Crippen molar-refractivity contribution in [1.82, 2.24) is 0 Å². The third-order valence-corrected chi connectivity index (χ3v) is 2.32. The monoisotopic (exact) mass is 184 g/mol. The van der Waals surface area contributed by atoms with Gasteiger partial charge in [0, 0.05) is 0 Å². The molecule has 0 aromatic heterocycles. The van der Waals surface area contributed by atoms with Gasteiger partial charge in [-0.15, -0.1) is 0 Å². The standard InChI is InChI=1S/C11H20O2/c1-6-9(7-2)11(4,5)10(12)13-8-3/h6H,7-8H2,1-5H3/b9-6+. The van der Waals surface area contributed by atoms with E-state index >= 15 is 0 Å². The highest BCUT2D eigenvalue weighted by atomic mass is 16.5. The summed E-state index contributed by atoms with van der Waals surface area (Å²) in [5, 5.41) is 0. The third kappa shape index (κ3) is 2.87. The molecule has 0 aromatic rings. The molecule has 0 saturated carbocycles. The maximum absolute atomic E-state index is 11.6. The summed E-state index contributed by atoms with van der Waals surface area (Å²) in [5.74, 6) is -0.134. The van der Waals surface area contributed by atoms with E-state index in [1.165, 1.54) is 0 Å². The Morgan fingerprint density at radius 1 is 1.38 bits per heavy atom. The van der Waals surface area contributed by atoms with Crippen LogP contribution in [0, 0.1) is 5.41 Å². The fourth-order valence-electron chi connectivity index (χ4n) is 1.45. The molecule has 0 spiro atoms. The van der Waals surface area contributed by atoms with Crippen LogP contribution in [0.2, 0.25) is 0 Å². The van der Waals surface area contributed by atoms with E-state index in [2.05, 4.69) is 6.92 Å². The summed E-state index contributed by atoms with van der Waals surface area (Å²) < 4.78 is 5.01. The molecule has 0 heterocycles. The van der Waals surface area contributed by atoms with Gasteiger partial charge in [-0.2, -0.15) is 0 Å². The molecule has 2 heteroatoms. The molecule has 0 aliphatic rings. The molecule has 0 bridgehead atoms. The van der Waals surface area contributed by atoms with Crippen molar-refractivity contribution in [3.8, 4) is 0 Å². The predicted molar refractivity (Wildman–Crippen MR) is 54.5 cm³/mol. The first-order valence-corrected chi connectivity index (χ1v) is 4.83. The molecule has 0 N–H and O–H groups in total. The molecule has 0 saturated heterocycles. The van der Waals surface area contributed by atoms with E-state index in [0.717, 1.165) is 12.0 Å². The van der Waals surface area contributed by atoms with Crippen molar-refractivity contribution in [2.24, 2.45) is 5.41 Å². The molecular weight excluding hydrogens is 164 g/mol. The summed E-state index contributed by atoms with van der Waals surface area (Å²) in [4.78, 5) is 11.6. The molecule has 76 valence electrons. The van der Waals surface area contributed by atoms with E-state index in [-0.39, 0.29) is 5.97 Å². The van der Waals surface area contributed by atoms with Gasteiger partial charge < -0.3 is 4.74 Å². The second-order valence-corrected chi connectivity index (χ2v) is 3.51. The summed E-state index contributed by atoms with van der Waals surface area (Å²) in [6.07, 6.45) is 2.89. The minimum absolute atomic E-state index is 0.134. The smallest absolute Gasteiger partial charge is 0.315 e. The van der Waals surface area contributed by atoms with Gasteiger partial charge in [0.05, 0.1) is 12.0 Å². The number of rotatable bonds is 4. The normalized spacial score (nSPS) is 12.8. The van der Waals surface area contributed by atoms with Crippen molar-refractivity contribution >= 4 is 5.97 Å². The second-order valence-electron chi connectivity index (χ2n) is 3.51. The lowest BCUT2D eigenvalue weighted by molar-refractivity contribution is -0.151. The molecule has 2 nitrogen and oxygen atoms in total. The van der Waals surface area contributed by atoms with E-state index in [4.69, 9.17) is 4.74 Å². The molecule has 0 amide bonds. The van der Waals surface area contributed by atoms with Gasteiger partial charge in [0.2, 0.25) is 0 Å². The minimum Gasteiger partial charge on any atom is -0.465 e. The lowest BCUT2D eigenvalue weighted by atomic mass is 9.82. The van der Waals surface area contributed by atoms with Gasteiger partial charge in [0.25, 0.3) is 0 Å². The largest absolute Gasteiger partial charge is 0.465 e. The van der Waals surface area contributed by atoms with Crippen molar-refractivity contribution in [3.05, 3.63) is 11.6 Å². The summed E-state index contributed by atoms with van der Waals surface area (Å²) in [6.45, 7) is 10.1. The first kappa shape index (κ1) is 12.2. The SMILES string of the molecule is C/C=C(\CC)C(C)(C)C(=O)OCC. The second kappa shape index (κ2) is 5.05. The molecule has 0 unspecified atom stereocenters. The van der Waals surface area contributed by atoms with Crippen LogP contribution < -0.4 is 0 Å². The van der Waals surface area contributed by atoms with Crippen molar-refractivity contribution in [2.45, 2.75) is 41.0 Å². The Labute approximate surface area is 81.0 Å². The number of esters is 1. The van der Waals surface area contributed by atoms with Crippen LogP contribution in [0.4, 0.5) is 0 Å². The van der Waals surface area contributed by atoms with E-state index in [1.807, 2.05) is 33.8 Å². The zero-order valence-corrected chi connectivity index (χ0v) is 9.31. The van der Waals surface area contributed by atoms with Crippen LogP contribution in [-0.2, 0) is 9.53 Å². The van der Waals surface area contributed by atoms with Crippen molar-refractivity contribution in [2.75, 3.05) is 6.61 Å². The van der Waals surface area contributed by atoms with Crippen molar-refractivity contribution < 1.29 is 9.53 Å². The average Bonchev–Trinajstić information content (AvgIpc) is 2.06. The van der Waals surface area contributed by atoms with Crippen LogP contribution in [0.15, 0.2) is 11.6 Å². The van der Waals surface area contributed by atoms with Crippen LogP contribution in [0.5, 0.6) is 0 Å². The van der Waals surface area contributed by atoms with Gasteiger partial charge in [-0.1, -0.05) is 18.6 Å². The quantitative estimate of drug-likeness (QED) is 0.496. The lowest BCUT2D eigenvalue weighted by Crippen LogP contribution is -2.28. The molecule has 0 fully saturated rings. The Morgan fingerprint density at radius 3 is 2.23 bits per heavy atom. The summed E-state index contributed by atoms with van der Waals surface area (Å²) in [7, 11) is 0. The third-order valence-electron chi connectivity index (χ3n) is 2.32. The van der Waals surface area contributed by atoms with Gasteiger partial charge >= 0.3 is 5.97 Å².